The van der Waals surface area contributed by atoms with Crippen molar-refractivity contribution in [2.45, 2.75) is 25.8 Å². The Morgan fingerprint density at radius 2 is 1.75 bits per heavy atom. The Morgan fingerprint density at radius 1 is 1.05 bits per heavy atom. The lowest BCUT2D eigenvalue weighted by atomic mass is 10.0. The summed E-state index contributed by atoms with van der Waals surface area (Å²) in [4.78, 5) is 15.1. The molecule has 2 aromatic rings. The van der Waals surface area contributed by atoms with Crippen molar-refractivity contribution in [1.29, 1.82) is 0 Å². The van der Waals surface area contributed by atoms with Gasteiger partial charge in [0.05, 0.1) is 0 Å². The molecular formula is C18H19NO. The number of anilines is 1. The first kappa shape index (κ1) is 12.9. The van der Waals surface area contributed by atoms with Crippen LogP contribution in [-0.4, -0.2) is 18.4 Å². The van der Waals surface area contributed by atoms with Gasteiger partial charge in [-0.15, -0.1) is 0 Å². The maximum atomic E-state index is 12.7. The Bertz CT molecular complexity index is 606. The minimum absolute atomic E-state index is 0.111. The van der Waals surface area contributed by atoms with Gasteiger partial charge in [-0.25, -0.2) is 0 Å². The van der Waals surface area contributed by atoms with E-state index in [9.17, 15) is 4.79 Å². The van der Waals surface area contributed by atoms with Crippen LogP contribution < -0.4 is 4.90 Å². The van der Waals surface area contributed by atoms with Crippen LogP contribution in [0.2, 0.25) is 0 Å². The van der Waals surface area contributed by atoms with Crippen molar-refractivity contribution in [3.8, 4) is 0 Å². The van der Waals surface area contributed by atoms with Crippen LogP contribution in [0.25, 0.3) is 0 Å². The lowest BCUT2D eigenvalue weighted by Gasteiger charge is -2.26. The number of hydrogen-bond donors (Lipinski definition) is 0. The number of para-hydroxylation sites is 1. The molecule has 0 aromatic heterocycles. The van der Waals surface area contributed by atoms with Crippen molar-refractivity contribution in [2.24, 2.45) is 0 Å². The van der Waals surface area contributed by atoms with Crippen LogP contribution in [0, 0.1) is 0 Å². The molecule has 1 fully saturated rings. The van der Waals surface area contributed by atoms with Crippen LogP contribution in [0.5, 0.6) is 0 Å². The van der Waals surface area contributed by atoms with Crippen molar-refractivity contribution in [3.05, 3.63) is 65.7 Å². The third-order valence-corrected chi connectivity index (χ3v) is 4.05. The number of carbonyl (C=O) groups is 1. The van der Waals surface area contributed by atoms with Gasteiger partial charge in [0.15, 0.2) is 5.78 Å². The van der Waals surface area contributed by atoms with Gasteiger partial charge in [0, 0.05) is 29.4 Å². The molecule has 102 valence electrons. The van der Waals surface area contributed by atoms with Gasteiger partial charge in [-0.1, -0.05) is 42.5 Å². The summed E-state index contributed by atoms with van der Waals surface area (Å²) in [6.45, 7) is 3.27. The Morgan fingerprint density at radius 3 is 2.45 bits per heavy atom. The highest BCUT2D eigenvalue weighted by Crippen LogP contribution is 2.29. The van der Waals surface area contributed by atoms with Gasteiger partial charge in [0.2, 0.25) is 0 Å². The minimum Gasteiger partial charge on any atom is -0.368 e. The third-order valence-electron chi connectivity index (χ3n) is 4.05. The summed E-state index contributed by atoms with van der Waals surface area (Å²) in [7, 11) is 0. The van der Waals surface area contributed by atoms with Crippen LogP contribution >= 0.6 is 0 Å². The van der Waals surface area contributed by atoms with E-state index in [4.69, 9.17) is 0 Å². The molecular weight excluding hydrogens is 246 g/mol. The molecule has 0 N–H and O–H groups in total. The molecule has 0 radical (unpaired) electrons. The number of nitrogens with zero attached hydrogens (tertiary/aromatic N) is 1. The normalized spacial score (nSPS) is 18.2. The Labute approximate surface area is 120 Å². The number of carbonyl (C=O) groups excluding carboxylic acids is 1. The van der Waals surface area contributed by atoms with Crippen LogP contribution in [-0.2, 0) is 0 Å². The highest BCUT2D eigenvalue weighted by Gasteiger charge is 2.24. The Balaban J connectivity index is 2.00. The fourth-order valence-electron chi connectivity index (χ4n) is 2.95. The summed E-state index contributed by atoms with van der Waals surface area (Å²) in [5.74, 6) is 0.111. The molecule has 1 saturated heterocycles. The quantitative estimate of drug-likeness (QED) is 0.784. The molecule has 1 unspecified atom stereocenters. The maximum Gasteiger partial charge on any atom is 0.195 e. The van der Waals surface area contributed by atoms with Crippen LogP contribution in [0.1, 0.15) is 35.7 Å². The first-order chi connectivity index (χ1) is 9.77. The summed E-state index contributed by atoms with van der Waals surface area (Å²) in [5, 5.41) is 0. The molecule has 1 aliphatic heterocycles. The fourth-order valence-corrected chi connectivity index (χ4v) is 2.95. The molecule has 2 aromatic carbocycles. The van der Waals surface area contributed by atoms with Crippen molar-refractivity contribution >= 4 is 11.5 Å². The van der Waals surface area contributed by atoms with Gasteiger partial charge >= 0.3 is 0 Å². The zero-order valence-electron chi connectivity index (χ0n) is 11.8. The molecule has 1 aliphatic rings. The van der Waals surface area contributed by atoms with Crippen molar-refractivity contribution in [3.63, 3.8) is 0 Å². The minimum atomic E-state index is 0.111. The zero-order chi connectivity index (χ0) is 13.9. The molecule has 1 heterocycles. The first-order valence-corrected chi connectivity index (χ1v) is 7.23. The zero-order valence-corrected chi connectivity index (χ0v) is 11.8. The van der Waals surface area contributed by atoms with Gasteiger partial charge in [-0.3, -0.25) is 4.79 Å². The lowest BCUT2D eigenvalue weighted by molar-refractivity contribution is 0.103. The number of ketones is 1. The Hall–Kier alpha value is -2.09. The van der Waals surface area contributed by atoms with Crippen LogP contribution in [0.15, 0.2) is 54.6 Å². The smallest absolute Gasteiger partial charge is 0.195 e. The largest absolute Gasteiger partial charge is 0.368 e. The van der Waals surface area contributed by atoms with Gasteiger partial charge in [-0.2, -0.15) is 0 Å². The standard InChI is InChI=1S/C18H19NO/c1-14-8-7-13-19(14)17-12-6-5-11-16(17)18(20)15-9-3-2-4-10-15/h2-6,9-12,14H,7-8,13H2,1H3. The molecule has 20 heavy (non-hydrogen) atoms. The number of hydrogen-bond acceptors (Lipinski definition) is 2. The van der Waals surface area contributed by atoms with Crippen LogP contribution in [0.3, 0.4) is 0 Å². The summed E-state index contributed by atoms with van der Waals surface area (Å²) >= 11 is 0. The molecule has 0 spiro atoms. The third kappa shape index (κ3) is 2.34. The van der Waals surface area contributed by atoms with Gasteiger partial charge in [0.25, 0.3) is 0 Å². The molecule has 0 aliphatic carbocycles. The molecule has 2 nitrogen and oxygen atoms in total. The average Bonchev–Trinajstić information content (AvgIpc) is 2.93. The predicted octanol–water partition coefficient (Wildman–Crippen LogP) is 3.91. The van der Waals surface area contributed by atoms with E-state index >= 15 is 0 Å². The molecule has 2 heteroatoms. The maximum absolute atomic E-state index is 12.7. The summed E-state index contributed by atoms with van der Waals surface area (Å²) in [6, 6.07) is 18.0. The van der Waals surface area contributed by atoms with Crippen molar-refractivity contribution in [1.82, 2.24) is 0 Å². The second kappa shape index (κ2) is 5.49. The van der Waals surface area contributed by atoms with Crippen molar-refractivity contribution in [2.75, 3.05) is 11.4 Å². The fraction of sp³-hybridized carbons (Fsp3) is 0.278. The highest BCUT2D eigenvalue weighted by molar-refractivity contribution is 6.12. The number of rotatable bonds is 3. The Kier molecular flexibility index (Phi) is 3.55. The topological polar surface area (TPSA) is 20.3 Å². The molecule has 0 amide bonds. The van der Waals surface area contributed by atoms with E-state index in [0.717, 1.165) is 23.4 Å². The monoisotopic (exact) mass is 265 g/mol. The molecule has 0 saturated carbocycles. The van der Waals surface area contributed by atoms with E-state index in [1.165, 1.54) is 12.8 Å². The highest BCUT2D eigenvalue weighted by atomic mass is 16.1. The van der Waals surface area contributed by atoms with Gasteiger partial charge < -0.3 is 4.90 Å². The van der Waals surface area contributed by atoms with E-state index < -0.39 is 0 Å². The average molecular weight is 265 g/mol. The van der Waals surface area contributed by atoms with E-state index in [1.54, 1.807) is 0 Å². The second-order valence-corrected chi connectivity index (χ2v) is 5.40. The van der Waals surface area contributed by atoms with E-state index in [0.29, 0.717) is 6.04 Å². The lowest BCUT2D eigenvalue weighted by Crippen LogP contribution is -2.28. The van der Waals surface area contributed by atoms with Gasteiger partial charge in [-0.05, 0) is 31.9 Å². The predicted molar refractivity (Wildman–Crippen MR) is 82.4 cm³/mol. The SMILES string of the molecule is CC1CCCN1c1ccccc1C(=O)c1ccccc1. The summed E-state index contributed by atoms with van der Waals surface area (Å²) in [6.07, 6.45) is 2.41. The summed E-state index contributed by atoms with van der Waals surface area (Å²) < 4.78 is 0. The molecule has 0 bridgehead atoms. The number of benzene rings is 2. The van der Waals surface area contributed by atoms with E-state index in [-0.39, 0.29) is 5.78 Å². The first-order valence-electron chi connectivity index (χ1n) is 7.23. The second-order valence-electron chi connectivity index (χ2n) is 5.40. The molecule has 1 atom stereocenters. The van der Waals surface area contributed by atoms with E-state index in [2.05, 4.69) is 17.9 Å². The van der Waals surface area contributed by atoms with Crippen LogP contribution in [0.4, 0.5) is 5.69 Å². The molecule has 3 rings (SSSR count). The van der Waals surface area contributed by atoms with Crippen molar-refractivity contribution < 1.29 is 4.79 Å². The van der Waals surface area contributed by atoms with E-state index in [1.807, 2.05) is 48.5 Å². The van der Waals surface area contributed by atoms with Gasteiger partial charge in [0.1, 0.15) is 0 Å². The summed E-state index contributed by atoms with van der Waals surface area (Å²) in [5.41, 5.74) is 2.64.